The van der Waals surface area contributed by atoms with Crippen LogP contribution in [0.5, 0.6) is 0 Å². The number of pyridine rings is 1. The summed E-state index contributed by atoms with van der Waals surface area (Å²) in [4.78, 5) is 17.4. The lowest BCUT2D eigenvalue weighted by Crippen LogP contribution is -2.13. The Morgan fingerprint density at radius 2 is 2.00 bits per heavy atom. The Labute approximate surface area is 137 Å². The summed E-state index contributed by atoms with van der Waals surface area (Å²) in [5.74, 6) is 0.865. The summed E-state index contributed by atoms with van der Waals surface area (Å²) in [5, 5.41) is 10.4. The lowest BCUT2D eigenvalue weighted by atomic mass is 10.2. The number of thioether (sulfide) groups is 1. The molecular formula is C16H14N4O2S. The van der Waals surface area contributed by atoms with E-state index in [-0.39, 0.29) is 17.8 Å². The van der Waals surface area contributed by atoms with Crippen LogP contribution in [0.3, 0.4) is 0 Å². The number of anilines is 1. The molecule has 0 radical (unpaired) electrons. The van der Waals surface area contributed by atoms with E-state index in [0.29, 0.717) is 11.3 Å². The average molecular weight is 326 g/mol. The first-order valence-electron chi connectivity index (χ1n) is 7.06. The molecule has 0 saturated heterocycles. The van der Waals surface area contributed by atoms with Gasteiger partial charge in [-0.1, -0.05) is 30.2 Å². The van der Waals surface area contributed by atoms with Gasteiger partial charge in [-0.25, -0.2) is 0 Å². The monoisotopic (exact) mass is 326 g/mol. The highest BCUT2D eigenvalue weighted by Gasteiger charge is 2.15. The van der Waals surface area contributed by atoms with Crippen molar-refractivity contribution in [2.45, 2.75) is 11.8 Å². The molecule has 0 aliphatic heterocycles. The Bertz CT molecular complexity index is 805. The fourth-order valence-electron chi connectivity index (χ4n) is 1.97. The summed E-state index contributed by atoms with van der Waals surface area (Å²) >= 11 is 1.61. The third-order valence-corrected chi connectivity index (χ3v) is 3.92. The molecule has 3 rings (SSSR count). The van der Waals surface area contributed by atoms with E-state index in [9.17, 15) is 4.79 Å². The number of benzene rings is 1. The van der Waals surface area contributed by atoms with Gasteiger partial charge in [-0.05, 0) is 30.0 Å². The molecule has 2 aromatic heterocycles. The van der Waals surface area contributed by atoms with Gasteiger partial charge in [0.15, 0.2) is 0 Å². The zero-order valence-electron chi connectivity index (χ0n) is 12.4. The van der Waals surface area contributed by atoms with Crippen LogP contribution in [0.25, 0.3) is 11.6 Å². The Morgan fingerprint density at radius 3 is 2.78 bits per heavy atom. The molecule has 116 valence electrons. The molecule has 0 saturated carbocycles. The molecule has 1 amide bonds. The minimum absolute atomic E-state index is 0.0481. The smallest absolute Gasteiger partial charge is 0.322 e. The molecule has 3 aromatic rings. The van der Waals surface area contributed by atoms with E-state index in [1.54, 1.807) is 36.2 Å². The summed E-state index contributed by atoms with van der Waals surface area (Å²) in [7, 11) is 0. The molecule has 1 N–H and O–H groups in total. The molecule has 0 aliphatic carbocycles. The van der Waals surface area contributed by atoms with E-state index < -0.39 is 0 Å². The molecule has 0 aliphatic rings. The first-order chi connectivity index (χ1) is 11.3. The van der Waals surface area contributed by atoms with Crippen LogP contribution < -0.4 is 5.32 Å². The molecule has 0 unspecified atom stereocenters. The van der Waals surface area contributed by atoms with Gasteiger partial charge in [-0.2, -0.15) is 0 Å². The number of nitrogens with zero attached hydrogens (tertiary/aromatic N) is 3. The van der Waals surface area contributed by atoms with Crippen LogP contribution in [0.4, 0.5) is 6.01 Å². The van der Waals surface area contributed by atoms with Gasteiger partial charge in [0.05, 0.1) is 5.56 Å². The number of rotatable bonds is 5. The third kappa shape index (κ3) is 3.57. The van der Waals surface area contributed by atoms with E-state index >= 15 is 0 Å². The molecule has 2 heterocycles. The predicted octanol–water partition coefficient (Wildman–Crippen LogP) is 3.50. The first-order valence-corrected chi connectivity index (χ1v) is 8.04. The Kier molecular flexibility index (Phi) is 4.68. The zero-order valence-corrected chi connectivity index (χ0v) is 13.2. The highest BCUT2D eigenvalue weighted by molar-refractivity contribution is 7.99. The van der Waals surface area contributed by atoms with Crippen molar-refractivity contribution < 1.29 is 9.21 Å². The topological polar surface area (TPSA) is 80.9 Å². The van der Waals surface area contributed by atoms with Gasteiger partial charge in [-0.15, -0.1) is 16.9 Å². The SMILES string of the molecule is CCSc1ccccc1C(=O)Nc1nnc(-c2ccccn2)o1. The van der Waals surface area contributed by atoms with E-state index in [0.717, 1.165) is 10.6 Å². The Morgan fingerprint density at radius 1 is 1.17 bits per heavy atom. The molecule has 23 heavy (non-hydrogen) atoms. The van der Waals surface area contributed by atoms with Crippen LogP contribution in [0.2, 0.25) is 0 Å². The number of hydrogen-bond donors (Lipinski definition) is 1. The number of hydrogen-bond acceptors (Lipinski definition) is 6. The van der Waals surface area contributed by atoms with Crippen LogP contribution in [0.1, 0.15) is 17.3 Å². The van der Waals surface area contributed by atoms with E-state index in [1.807, 2.05) is 31.2 Å². The second kappa shape index (κ2) is 7.06. The normalized spacial score (nSPS) is 10.5. The number of carbonyl (C=O) groups excluding carboxylic acids is 1. The lowest BCUT2D eigenvalue weighted by molar-refractivity contribution is 0.102. The summed E-state index contributed by atoms with van der Waals surface area (Å²) in [6.07, 6.45) is 1.63. The first kappa shape index (κ1) is 15.2. The van der Waals surface area contributed by atoms with Crippen LogP contribution >= 0.6 is 11.8 Å². The fraction of sp³-hybridized carbons (Fsp3) is 0.125. The number of aromatic nitrogens is 3. The van der Waals surface area contributed by atoms with Gasteiger partial charge in [0.1, 0.15) is 5.69 Å². The van der Waals surface area contributed by atoms with Crippen LogP contribution in [-0.2, 0) is 0 Å². The lowest BCUT2D eigenvalue weighted by Gasteiger charge is -2.06. The highest BCUT2D eigenvalue weighted by atomic mass is 32.2. The minimum Gasteiger partial charge on any atom is -0.401 e. The van der Waals surface area contributed by atoms with Gasteiger partial charge in [0.25, 0.3) is 11.8 Å². The fourth-order valence-corrected chi connectivity index (χ4v) is 2.77. The summed E-state index contributed by atoms with van der Waals surface area (Å²) in [5.41, 5.74) is 1.14. The van der Waals surface area contributed by atoms with Crippen molar-refractivity contribution in [2.75, 3.05) is 11.1 Å². The Hall–Kier alpha value is -2.67. The largest absolute Gasteiger partial charge is 0.401 e. The van der Waals surface area contributed by atoms with Crippen molar-refractivity contribution in [3.63, 3.8) is 0 Å². The standard InChI is InChI=1S/C16H14N4O2S/c1-2-23-13-9-4-3-7-11(13)14(21)18-16-20-19-15(22-16)12-8-5-6-10-17-12/h3-10H,2H2,1H3,(H,18,20,21). The van der Waals surface area contributed by atoms with Crippen LogP contribution in [0, 0.1) is 0 Å². The number of carbonyl (C=O) groups is 1. The van der Waals surface area contributed by atoms with Gasteiger partial charge >= 0.3 is 6.01 Å². The molecule has 0 fully saturated rings. The van der Waals surface area contributed by atoms with Crippen molar-refractivity contribution in [3.05, 3.63) is 54.2 Å². The average Bonchev–Trinajstić information content (AvgIpc) is 3.05. The van der Waals surface area contributed by atoms with Gasteiger partial charge < -0.3 is 4.42 Å². The molecule has 0 bridgehead atoms. The van der Waals surface area contributed by atoms with E-state index in [4.69, 9.17) is 4.42 Å². The molecule has 6 nitrogen and oxygen atoms in total. The van der Waals surface area contributed by atoms with Crippen molar-refractivity contribution in [2.24, 2.45) is 0 Å². The van der Waals surface area contributed by atoms with Gasteiger partial charge in [0, 0.05) is 11.1 Å². The van der Waals surface area contributed by atoms with Crippen molar-refractivity contribution >= 4 is 23.7 Å². The zero-order chi connectivity index (χ0) is 16.1. The quantitative estimate of drug-likeness (QED) is 0.723. The number of nitrogens with one attached hydrogen (secondary N) is 1. The maximum absolute atomic E-state index is 12.4. The summed E-state index contributed by atoms with van der Waals surface area (Å²) < 4.78 is 5.44. The minimum atomic E-state index is -0.280. The molecular weight excluding hydrogens is 312 g/mol. The maximum Gasteiger partial charge on any atom is 0.322 e. The van der Waals surface area contributed by atoms with Crippen LogP contribution in [-0.4, -0.2) is 26.8 Å². The summed E-state index contributed by atoms with van der Waals surface area (Å²) in [6.45, 7) is 2.04. The van der Waals surface area contributed by atoms with E-state index in [1.165, 1.54) is 0 Å². The Balaban J connectivity index is 1.78. The van der Waals surface area contributed by atoms with E-state index in [2.05, 4.69) is 20.5 Å². The predicted molar refractivity (Wildman–Crippen MR) is 88.3 cm³/mol. The molecule has 0 spiro atoms. The second-order valence-electron chi connectivity index (χ2n) is 4.51. The third-order valence-electron chi connectivity index (χ3n) is 2.96. The molecule has 0 atom stereocenters. The van der Waals surface area contributed by atoms with Crippen molar-refractivity contribution in [1.29, 1.82) is 0 Å². The summed E-state index contributed by atoms with van der Waals surface area (Å²) in [6, 6.07) is 12.8. The molecule has 7 heteroatoms. The number of amides is 1. The highest BCUT2D eigenvalue weighted by Crippen LogP contribution is 2.23. The van der Waals surface area contributed by atoms with Crippen molar-refractivity contribution in [3.8, 4) is 11.6 Å². The van der Waals surface area contributed by atoms with Crippen molar-refractivity contribution in [1.82, 2.24) is 15.2 Å². The van der Waals surface area contributed by atoms with Gasteiger partial charge in [-0.3, -0.25) is 15.1 Å². The van der Waals surface area contributed by atoms with Crippen LogP contribution in [0.15, 0.2) is 58.0 Å². The maximum atomic E-state index is 12.4. The van der Waals surface area contributed by atoms with Gasteiger partial charge in [0.2, 0.25) is 0 Å². The second-order valence-corrected chi connectivity index (χ2v) is 5.82. The molecule has 1 aromatic carbocycles.